The highest BCUT2D eigenvalue weighted by Crippen LogP contribution is 2.32. The Bertz CT molecular complexity index is 2080. The minimum Gasteiger partial charge on any atom is -0.383 e. The standard InChI is InChI=1S/C36H35N7O2S/c1-3-42(30-31(44)32(45)33(30)46-2)25-17-20-41(21-18-25)22-23-11-13-26(14-12-23)43-35(27-10-7-19-38-34(27)37)40-29-16-15-28(39-36(29)43)24-8-5-4-6-9-24/h4-16,19,25H,3,17-18,20-22H2,1-2H3,(H2,37,38). The van der Waals surface area contributed by atoms with Gasteiger partial charge in [0.2, 0.25) is 5.43 Å². The minimum atomic E-state index is -0.339. The molecule has 0 spiro atoms. The zero-order chi connectivity index (χ0) is 31.8. The Morgan fingerprint density at radius 3 is 2.37 bits per heavy atom. The number of fused-ring (bicyclic) bond motifs is 1. The molecule has 4 heterocycles. The van der Waals surface area contributed by atoms with Crippen molar-refractivity contribution in [1.82, 2.24) is 24.4 Å². The Morgan fingerprint density at radius 2 is 1.67 bits per heavy atom. The predicted octanol–water partition coefficient (Wildman–Crippen LogP) is 5.54. The third-order valence-corrected chi connectivity index (χ3v) is 9.71. The molecule has 6 aromatic rings. The molecule has 0 aliphatic carbocycles. The molecule has 232 valence electrons. The molecular formula is C36H35N7O2S. The summed E-state index contributed by atoms with van der Waals surface area (Å²) in [6.07, 6.45) is 5.45. The van der Waals surface area contributed by atoms with Gasteiger partial charge in [0.25, 0.3) is 5.43 Å². The van der Waals surface area contributed by atoms with Crippen LogP contribution in [0.25, 0.3) is 39.5 Å². The SMILES string of the molecule is CCN(c1c(SC)c(=O)c1=O)C1CCN(Cc2ccc(-n3c(-c4cccnc4N)nc4ccc(-c5ccccc5)nc43)cc2)CC1. The van der Waals surface area contributed by atoms with Crippen molar-refractivity contribution in [3.63, 3.8) is 0 Å². The normalized spacial score (nSPS) is 14.3. The van der Waals surface area contributed by atoms with Crippen molar-refractivity contribution >= 4 is 34.4 Å². The van der Waals surface area contributed by atoms with E-state index in [2.05, 4.69) is 62.7 Å². The minimum absolute atomic E-state index is 0.263. The number of piperidine rings is 1. The number of hydrogen-bond donors (Lipinski definition) is 1. The quantitative estimate of drug-likeness (QED) is 0.163. The predicted molar refractivity (Wildman–Crippen MR) is 186 cm³/mol. The number of rotatable bonds is 9. The van der Waals surface area contributed by atoms with Gasteiger partial charge in [-0.05, 0) is 68.0 Å². The summed E-state index contributed by atoms with van der Waals surface area (Å²) in [4.78, 5) is 44.0. The molecule has 0 atom stereocenters. The van der Waals surface area contributed by atoms with Gasteiger partial charge in [0.15, 0.2) is 11.5 Å². The summed E-state index contributed by atoms with van der Waals surface area (Å²) in [5, 5.41) is 0. The van der Waals surface area contributed by atoms with Crippen molar-refractivity contribution in [2.45, 2.75) is 37.2 Å². The van der Waals surface area contributed by atoms with Crippen LogP contribution in [0.3, 0.4) is 0 Å². The van der Waals surface area contributed by atoms with E-state index in [4.69, 9.17) is 15.7 Å². The van der Waals surface area contributed by atoms with E-state index in [9.17, 15) is 9.59 Å². The average Bonchev–Trinajstić information content (AvgIpc) is 3.48. The van der Waals surface area contributed by atoms with Crippen molar-refractivity contribution in [1.29, 1.82) is 0 Å². The van der Waals surface area contributed by atoms with Crippen molar-refractivity contribution in [3.8, 4) is 28.3 Å². The fraction of sp³-hybridized carbons (Fsp3) is 0.250. The molecular weight excluding hydrogens is 595 g/mol. The van der Waals surface area contributed by atoms with Crippen LogP contribution in [0.5, 0.6) is 0 Å². The number of nitrogens with zero attached hydrogens (tertiary/aromatic N) is 6. The first-order chi connectivity index (χ1) is 22.5. The zero-order valence-electron chi connectivity index (χ0n) is 25.9. The van der Waals surface area contributed by atoms with Crippen LogP contribution in [-0.2, 0) is 6.54 Å². The molecule has 10 heteroatoms. The lowest BCUT2D eigenvalue weighted by atomic mass is 10.0. The van der Waals surface area contributed by atoms with Gasteiger partial charge in [0.1, 0.15) is 17.0 Å². The summed E-state index contributed by atoms with van der Waals surface area (Å²) >= 11 is 1.38. The van der Waals surface area contributed by atoms with E-state index in [1.165, 1.54) is 17.3 Å². The molecule has 0 unspecified atom stereocenters. The number of nitrogen functional groups attached to an aromatic ring is 1. The summed E-state index contributed by atoms with van der Waals surface area (Å²) in [7, 11) is 0. The molecule has 1 aliphatic heterocycles. The average molecular weight is 630 g/mol. The molecule has 3 aromatic heterocycles. The lowest BCUT2D eigenvalue weighted by Crippen LogP contribution is -2.50. The van der Waals surface area contributed by atoms with Crippen LogP contribution < -0.4 is 21.5 Å². The topological polar surface area (TPSA) is 110 Å². The maximum Gasteiger partial charge on any atom is 0.251 e. The highest BCUT2D eigenvalue weighted by molar-refractivity contribution is 7.98. The molecule has 0 radical (unpaired) electrons. The summed E-state index contributed by atoms with van der Waals surface area (Å²) in [5.41, 5.74) is 12.6. The number of benzene rings is 2. The molecule has 7 rings (SSSR count). The van der Waals surface area contributed by atoms with Gasteiger partial charge in [0, 0.05) is 49.7 Å². The van der Waals surface area contributed by atoms with Crippen LogP contribution in [0, 0.1) is 0 Å². The van der Waals surface area contributed by atoms with Crippen LogP contribution in [-0.4, -0.2) is 56.4 Å². The fourth-order valence-electron chi connectivity index (χ4n) is 6.56. The zero-order valence-corrected chi connectivity index (χ0v) is 26.7. The van der Waals surface area contributed by atoms with Crippen LogP contribution >= 0.6 is 11.8 Å². The van der Waals surface area contributed by atoms with Crippen molar-refractivity contribution in [2.24, 2.45) is 0 Å². The van der Waals surface area contributed by atoms with Crippen LogP contribution in [0.4, 0.5) is 11.5 Å². The van der Waals surface area contributed by atoms with E-state index in [1.54, 1.807) is 6.20 Å². The molecule has 3 aromatic carbocycles. The Morgan fingerprint density at radius 1 is 0.913 bits per heavy atom. The fourth-order valence-corrected chi connectivity index (χ4v) is 7.25. The Hall–Kier alpha value is -4.80. The second-order valence-corrected chi connectivity index (χ2v) is 12.4. The number of aromatic nitrogens is 4. The maximum absolute atomic E-state index is 12.4. The van der Waals surface area contributed by atoms with Gasteiger partial charge in [-0.2, -0.15) is 0 Å². The van der Waals surface area contributed by atoms with Gasteiger partial charge < -0.3 is 10.6 Å². The summed E-state index contributed by atoms with van der Waals surface area (Å²) in [5.74, 6) is 1.11. The molecule has 0 amide bonds. The van der Waals surface area contributed by atoms with Gasteiger partial charge in [-0.3, -0.25) is 19.1 Å². The summed E-state index contributed by atoms with van der Waals surface area (Å²) in [6, 6.07) is 26.8. The van der Waals surface area contributed by atoms with Crippen LogP contribution in [0.1, 0.15) is 25.3 Å². The van der Waals surface area contributed by atoms with E-state index >= 15 is 0 Å². The smallest absolute Gasteiger partial charge is 0.251 e. The number of likely N-dealkylation sites (tertiary alicyclic amines) is 1. The van der Waals surface area contributed by atoms with Gasteiger partial charge in [0.05, 0.1) is 16.2 Å². The molecule has 1 saturated heterocycles. The first-order valence-electron chi connectivity index (χ1n) is 15.6. The summed E-state index contributed by atoms with van der Waals surface area (Å²) in [6.45, 7) is 5.47. The van der Waals surface area contributed by atoms with E-state index in [-0.39, 0.29) is 16.9 Å². The van der Waals surface area contributed by atoms with Gasteiger partial charge in [-0.15, -0.1) is 11.8 Å². The van der Waals surface area contributed by atoms with Gasteiger partial charge in [-0.25, -0.2) is 15.0 Å². The molecule has 9 nitrogen and oxygen atoms in total. The number of anilines is 2. The number of imidazole rings is 1. The Kier molecular flexibility index (Phi) is 8.14. The van der Waals surface area contributed by atoms with E-state index in [0.717, 1.165) is 72.7 Å². The van der Waals surface area contributed by atoms with E-state index in [0.29, 0.717) is 22.2 Å². The third-order valence-electron chi connectivity index (χ3n) is 8.93. The Labute approximate surface area is 271 Å². The highest BCUT2D eigenvalue weighted by Gasteiger charge is 2.31. The Balaban J connectivity index is 1.13. The first kappa shape index (κ1) is 29.9. The number of pyridine rings is 2. The second-order valence-electron chi connectivity index (χ2n) is 11.6. The molecule has 1 fully saturated rings. The number of nitrogens with two attached hydrogens (primary N) is 1. The molecule has 2 N–H and O–H groups in total. The van der Waals surface area contributed by atoms with Gasteiger partial charge in [-0.1, -0.05) is 42.5 Å². The van der Waals surface area contributed by atoms with Crippen LogP contribution in [0.2, 0.25) is 0 Å². The monoisotopic (exact) mass is 629 g/mol. The van der Waals surface area contributed by atoms with Crippen LogP contribution in [0.15, 0.2) is 99.5 Å². The van der Waals surface area contributed by atoms with Crippen molar-refractivity contribution in [3.05, 3.63) is 111 Å². The maximum atomic E-state index is 12.4. The van der Waals surface area contributed by atoms with Crippen molar-refractivity contribution in [2.75, 3.05) is 36.5 Å². The van der Waals surface area contributed by atoms with Gasteiger partial charge >= 0.3 is 0 Å². The third kappa shape index (κ3) is 5.37. The first-order valence-corrected chi connectivity index (χ1v) is 16.8. The lowest BCUT2D eigenvalue weighted by molar-refractivity contribution is 0.201. The number of hydrogen-bond acceptors (Lipinski definition) is 9. The van der Waals surface area contributed by atoms with E-state index < -0.39 is 0 Å². The molecule has 1 aliphatic rings. The molecule has 46 heavy (non-hydrogen) atoms. The largest absolute Gasteiger partial charge is 0.383 e. The number of thioether (sulfide) groups is 1. The summed E-state index contributed by atoms with van der Waals surface area (Å²) < 4.78 is 2.06. The van der Waals surface area contributed by atoms with E-state index in [1.807, 2.05) is 48.7 Å². The lowest BCUT2D eigenvalue weighted by Gasteiger charge is -2.40. The van der Waals surface area contributed by atoms with Crippen molar-refractivity contribution < 1.29 is 0 Å². The second kappa shape index (κ2) is 12.5. The molecule has 0 bridgehead atoms. The highest BCUT2D eigenvalue weighted by atomic mass is 32.2. The molecule has 0 saturated carbocycles.